The van der Waals surface area contributed by atoms with Crippen molar-refractivity contribution in [3.05, 3.63) is 435 Å². The Morgan fingerprint density at radius 3 is 0.675 bits per heavy atom. The van der Waals surface area contributed by atoms with E-state index in [4.69, 9.17) is 0 Å². The van der Waals surface area contributed by atoms with Crippen molar-refractivity contribution >= 4 is 111 Å². The monoisotopic (exact) mass is 1600 g/mol. The van der Waals surface area contributed by atoms with Crippen LogP contribution in [0.4, 0.5) is 121 Å². The van der Waals surface area contributed by atoms with Crippen LogP contribution in [-0.4, -0.2) is 0 Å². The number of hydrogen-bond acceptors (Lipinski definition) is 4. The second-order valence-electron chi connectivity index (χ2n) is 28.6. The molecule has 0 fully saturated rings. The van der Waals surface area contributed by atoms with Crippen LogP contribution in [0.3, 0.4) is 0 Å². The van der Waals surface area contributed by atoms with Gasteiger partial charge in [-0.3, -0.25) is 0 Å². The van der Waals surface area contributed by atoms with Crippen molar-refractivity contribution in [2.24, 2.45) is 0 Å². The standard InChI is InChI=1S/2C52H34F6N2/c53-51(54,55)45-28-14-12-25-42(45)48-40-23-10-11-24-41(40)49(43-26-13-15-29-46(43)52(56,57)58)50-44(48)27-16-30-47(50)60(37-21-8-3-9-22-37)39-33-31-38(32-34-39)59(35-17-4-1-5-18-35)36-19-6-2-7-20-36;53-51(54,55)47-26-14-12-24-44(47)49-41-22-10-11-23-42(41)50(45-25-13-15-27-48(45)52(56,57)58)46-34-40(32-33-43(46)49)60(37-20-8-3-9-21-37)39-30-28-38(29-31-39)59(35-16-4-1-5-17-35)36-18-6-2-7-19-36/h2*1-34H. The van der Waals surface area contributed by atoms with Gasteiger partial charge >= 0.3 is 24.7 Å². The fraction of sp³-hybridized carbons (Fsp3) is 0.0385. The molecule has 0 N–H and O–H groups in total. The van der Waals surface area contributed by atoms with E-state index in [0.717, 1.165) is 69.8 Å². The van der Waals surface area contributed by atoms with Crippen LogP contribution in [0.5, 0.6) is 0 Å². The third-order valence-corrected chi connectivity index (χ3v) is 21.4. The summed E-state index contributed by atoms with van der Waals surface area (Å²) in [4.78, 5) is 8.21. The van der Waals surface area contributed by atoms with Gasteiger partial charge in [0, 0.05) is 73.5 Å². The van der Waals surface area contributed by atoms with Gasteiger partial charge in [0.1, 0.15) is 0 Å². The molecule has 18 aromatic carbocycles. The van der Waals surface area contributed by atoms with E-state index >= 15 is 13.2 Å². The maximum atomic E-state index is 15.1. The average molecular weight is 1600 g/mol. The molecule has 0 radical (unpaired) electrons. The molecule has 18 aromatic rings. The highest BCUT2D eigenvalue weighted by Crippen LogP contribution is 2.56. The minimum Gasteiger partial charge on any atom is -0.311 e. The highest BCUT2D eigenvalue weighted by Gasteiger charge is 2.40. The van der Waals surface area contributed by atoms with E-state index in [-0.39, 0.29) is 44.5 Å². The van der Waals surface area contributed by atoms with Crippen molar-refractivity contribution in [2.75, 3.05) is 19.6 Å². The van der Waals surface area contributed by atoms with E-state index in [1.54, 1.807) is 97.1 Å². The molecule has 0 aliphatic rings. The number of hydrogen-bond donors (Lipinski definition) is 0. The Morgan fingerprint density at radius 2 is 0.358 bits per heavy atom. The Bertz CT molecular complexity index is 6550. The van der Waals surface area contributed by atoms with Crippen LogP contribution >= 0.6 is 0 Å². The highest BCUT2D eigenvalue weighted by molar-refractivity contribution is 6.26. The molecule has 4 nitrogen and oxygen atoms in total. The van der Waals surface area contributed by atoms with Gasteiger partial charge in [0.15, 0.2) is 0 Å². The Balaban J connectivity index is 0.000000171. The SMILES string of the molecule is FC(F)(F)c1ccccc1-c1c2ccccc2c(-c2ccccc2C(F)(F)F)c2c(N(c3ccccc3)c3ccc(N(c4ccccc4)c4ccccc4)cc3)cccc12.FC(F)(F)c1ccccc1-c1c2ccccc2c(-c2ccccc2C(F)(F)F)c2cc(N(c3ccccc3)c3ccc(N(c4ccccc4)c4ccccc4)cc3)ccc12. The summed E-state index contributed by atoms with van der Waals surface area (Å²) >= 11 is 0. The molecule has 0 saturated heterocycles. The summed E-state index contributed by atoms with van der Waals surface area (Å²) in [5.74, 6) is 0. The number of anilines is 12. The van der Waals surface area contributed by atoms with Crippen LogP contribution in [0.25, 0.3) is 87.6 Å². The van der Waals surface area contributed by atoms with Crippen molar-refractivity contribution < 1.29 is 52.7 Å². The summed E-state index contributed by atoms with van der Waals surface area (Å²) in [6, 6.07) is 120. The molecule has 0 spiro atoms. The first kappa shape index (κ1) is 77.9. The first-order chi connectivity index (χ1) is 58.2. The van der Waals surface area contributed by atoms with Crippen molar-refractivity contribution in [1.82, 2.24) is 0 Å². The molecule has 0 unspecified atom stereocenters. The lowest BCUT2D eigenvalue weighted by molar-refractivity contribution is -0.137. The number of rotatable bonds is 16. The second kappa shape index (κ2) is 32.4. The van der Waals surface area contributed by atoms with Crippen LogP contribution in [-0.2, 0) is 24.7 Å². The van der Waals surface area contributed by atoms with Crippen molar-refractivity contribution in [3.63, 3.8) is 0 Å². The summed E-state index contributed by atoms with van der Waals surface area (Å²) < 4.78 is 179. The van der Waals surface area contributed by atoms with Crippen LogP contribution in [0.1, 0.15) is 22.3 Å². The Hall–Kier alpha value is -14.6. The molecular weight excluding hydrogens is 1530 g/mol. The summed E-state index contributed by atoms with van der Waals surface area (Å²) in [6.07, 6.45) is -18.9. The van der Waals surface area contributed by atoms with Crippen LogP contribution < -0.4 is 19.6 Å². The molecule has 0 aromatic heterocycles. The van der Waals surface area contributed by atoms with Gasteiger partial charge in [-0.15, -0.1) is 0 Å². The van der Waals surface area contributed by atoms with Crippen molar-refractivity contribution in [1.29, 1.82) is 0 Å². The van der Waals surface area contributed by atoms with Crippen molar-refractivity contribution in [3.8, 4) is 44.5 Å². The van der Waals surface area contributed by atoms with E-state index in [0.29, 0.717) is 65.8 Å². The normalized spacial score (nSPS) is 11.8. The molecule has 0 aliphatic heterocycles. The zero-order chi connectivity index (χ0) is 82.9. The van der Waals surface area contributed by atoms with E-state index in [1.807, 2.05) is 252 Å². The molecule has 0 amide bonds. The van der Waals surface area contributed by atoms with E-state index < -0.39 is 47.0 Å². The highest BCUT2D eigenvalue weighted by atomic mass is 19.4. The fourth-order valence-electron chi connectivity index (χ4n) is 16.4. The van der Waals surface area contributed by atoms with Gasteiger partial charge in [0.05, 0.1) is 27.9 Å². The van der Waals surface area contributed by atoms with Gasteiger partial charge in [-0.05, 0) is 240 Å². The molecule has 0 heterocycles. The molecule has 0 atom stereocenters. The summed E-state index contributed by atoms with van der Waals surface area (Å²) in [7, 11) is 0. The quantitative estimate of drug-likeness (QED) is 0.0706. The number of alkyl halides is 12. The Morgan fingerprint density at radius 1 is 0.150 bits per heavy atom. The first-order valence-corrected chi connectivity index (χ1v) is 38.5. The van der Waals surface area contributed by atoms with E-state index in [2.05, 4.69) is 9.80 Å². The summed E-state index contributed by atoms with van der Waals surface area (Å²) in [5.41, 5.74) is 6.96. The topological polar surface area (TPSA) is 13.0 Å². The van der Waals surface area contributed by atoms with E-state index in [9.17, 15) is 39.5 Å². The largest absolute Gasteiger partial charge is 0.417 e. The Kier molecular flexibility index (Phi) is 21.1. The maximum absolute atomic E-state index is 15.1. The number of nitrogens with zero attached hydrogens (tertiary/aromatic N) is 4. The minimum absolute atomic E-state index is 0.0634. The smallest absolute Gasteiger partial charge is 0.311 e. The average Bonchev–Trinajstić information content (AvgIpc) is 0.705. The molecule has 0 bridgehead atoms. The molecular formula is C104H68F12N4. The van der Waals surface area contributed by atoms with Crippen molar-refractivity contribution in [2.45, 2.75) is 24.7 Å². The zero-order valence-electron chi connectivity index (χ0n) is 63.6. The van der Waals surface area contributed by atoms with Gasteiger partial charge in [-0.2, -0.15) is 52.7 Å². The lowest BCUT2D eigenvalue weighted by Crippen LogP contribution is -2.13. The lowest BCUT2D eigenvalue weighted by Gasteiger charge is -2.30. The third kappa shape index (κ3) is 15.3. The number of fused-ring (bicyclic) bond motifs is 4. The molecule has 588 valence electrons. The molecule has 16 heteroatoms. The molecule has 18 rings (SSSR count). The van der Waals surface area contributed by atoms with Crippen LogP contribution in [0.2, 0.25) is 0 Å². The molecule has 0 saturated carbocycles. The predicted molar refractivity (Wildman–Crippen MR) is 463 cm³/mol. The zero-order valence-corrected chi connectivity index (χ0v) is 63.6. The fourth-order valence-corrected chi connectivity index (χ4v) is 16.4. The predicted octanol–water partition coefficient (Wildman–Crippen LogP) is 32.6. The van der Waals surface area contributed by atoms with Crippen LogP contribution in [0.15, 0.2) is 413 Å². The number of benzene rings is 18. The van der Waals surface area contributed by atoms with Gasteiger partial charge in [-0.25, -0.2) is 0 Å². The molecule has 0 aliphatic carbocycles. The maximum Gasteiger partial charge on any atom is 0.417 e. The Labute approximate surface area is 683 Å². The first-order valence-electron chi connectivity index (χ1n) is 38.5. The summed E-state index contributed by atoms with van der Waals surface area (Å²) in [5, 5.41) is 3.04. The van der Waals surface area contributed by atoms with Gasteiger partial charge in [0.2, 0.25) is 0 Å². The second-order valence-corrected chi connectivity index (χ2v) is 28.6. The van der Waals surface area contributed by atoms with E-state index in [1.165, 1.54) is 48.5 Å². The van der Waals surface area contributed by atoms with Gasteiger partial charge in [0.25, 0.3) is 0 Å². The van der Waals surface area contributed by atoms with Crippen LogP contribution in [0, 0.1) is 0 Å². The summed E-state index contributed by atoms with van der Waals surface area (Å²) in [6.45, 7) is 0. The third-order valence-electron chi connectivity index (χ3n) is 21.4. The molecule has 120 heavy (non-hydrogen) atoms. The van der Waals surface area contributed by atoms with Gasteiger partial charge in [-0.1, -0.05) is 249 Å². The number of para-hydroxylation sites is 6. The number of halogens is 12. The minimum atomic E-state index is -4.74. The van der Waals surface area contributed by atoms with Gasteiger partial charge < -0.3 is 19.6 Å². The lowest BCUT2D eigenvalue weighted by atomic mass is 9.82.